The zero-order valence-electron chi connectivity index (χ0n) is 13.5. The van der Waals surface area contributed by atoms with Crippen molar-refractivity contribution in [2.75, 3.05) is 5.32 Å². The lowest BCUT2D eigenvalue weighted by molar-refractivity contribution is 0.0928. The van der Waals surface area contributed by atoms with Crippen LogP contribution in [-0.2, 0) is 0 Å². The molecule has 2 aromatic rings. The lowest BCUT2D eigenvalue weighted by Crippen LogP contribution is -2.35. The third-order valence-electron chi connectivity index (χ3n) is 4.16. The van der Waals surface area contributed by atoms with E-state index in [1.807, 2.05) is 12.1 Å². The maximum Gasteiger partial charge on any atom is 0.270 e. The molecule has 0 unspecified atom stereocenters. The van der Waals surface area contributed by atoms with Gasteiger partial charge in [0.05, 0.1) is 0 Å². The molecule has 5 nitrogen and oxygen atoms in total. The number of halogens is 1. The van der Waals surface area contributed by atoms with E-state index in [0.29, 0.717) is 16.7 Å². The third-order valence-corrected chi connectivity index (χ3v) is 4.39. The molecule has 0 atom stereocenters. The van der Waals surface area contributed by atoms with Gasteiger partial charge in [0.2, 0.25) is 5.95 Å². The molecular formula is C18H21ClN4O. The molecule has 1 saturated carbocycles. The number of hydrogen-bond donors (Lipinski definition) is 2. The number of anilines is 2. The number of nitrogens with one attached hydrogen (secondary N) is 2. The van der Waals surface area contributed by atoms with E-state index in [1.54, 1.807) is 24.4 Å². The van der Waals surface area contributed by atoms with Crippen LogP contribution in [0.5, 0.6) is 0 Å². The Morgan fingerprint density at radius 1 is 1.12 bits per heavy atom. The van der Waals surface area contributed by atoms with Gasteiger partial charge in [-0.3, -0.25) is 4.79 Å². The van der Waals surface area contributed by atoms with Crippen LogP contribution in [0.15, 0.2) is 36.5 Å². The van der Waals surface area contributed by atoms with Crippen LogP contribution in [0.3, 0.4) is 0 Å². The summed E-state index contributed by atoms with van der Waals surface area (Å²) in [6.07, 6.45) is 8.55. The maximum absolute atomic E-state index is 12.4. The average Bonchev–Trinajstić information content (AvgIpc) is 2.84. The average molecular weight is 345 g/mol. The smallest absolute Gasteiger partial charge is 0.270 e. The van der Waals surface area contributed by atoms with Crippen molar-refractivity contribution in [3.8, 4) is 0 Å². The lowest BCUT2D eigenvalue weighted by atomic mass is 10.1. The SMILES string of the molecule is O=C(NC1CCCCCC1)c1ccnc(Nc2cccc(Cl)c2)n1. The van der Waals surface area contributed by atoms with Crippen LogP contribution in [0.25, 0.3) is 0 Å². The first-order valence-electron chi connectivity index (χ1n) is 8.37. The highest BCUT2D eigenvalue weighted by atomic mass is 35.5. The minimum atomic E-state index is -0.140. The normalized spacial score (nSPS) is 15.5. The fraction of sp³-hybridized carbons (Fsp3) is 0.389. The van der Waals surface area contributed by atoms with E-state index < -0.39 is 0 Å². The van der Waals surface area contributed by atoms with Crippen LogP contribution in [0.1, 0.15) is 49.0 Å². The molecule has 1 aromatic heterocycles. The predicted octanol–water partition coefficient (Wildman–Crippen LogP) is 4.33. The molecule has 3 rings (SSSR count). The van der Waals surface area contributed by atoms with Gasteiger partial charge in [0.15, 0.2) is 0 Å². The number of hydrogen-bond acceptors (Lipinski definition) is 4. The Morgan fingerprint density at radius 3 is 2.67 bits per heavy atom. The van der Waals surface area contributed by atoms with E-state index in [0.717, 1.165) is 18.5 Å². The number of nitrogens with zero attached hydrogens (tertiary/aromatic N) is 2. The van der Waals surface area contributed by atoms with Gasteiger partial charge in [-0.15, -0.1) is 0 Å². The minimum Gasteiger partial charge on any atom is -0.348 e. The fourth-order valence-corrected chi connectivity index (χ4v) is 3.11. The molecule has 1 amide bonds. The molecule has 6 heteroatoms. The molecule has 1 aliphatic rings. The topological polar surface area (TPSA) is 66.9 Å². The van der Waals surface area contributed by atoms with Gasteiger partial charge in [-0.2, -0.15) is 0 Å². The van der Waals surface area contributed by atoms with Crippen molar-refractivity contribution in [1.82, 2.24) is 15.3 Å². The van der Waals surface area contributed by atoms with E-state index >= 15 is 0 Å². The lowest BCUT2D eigenvalue weighted by Gasteiger charge is -2.16. The van der Waals surface area contributed by atoms with Gasteiger partial charge in [-0.1, -0.05) is 43.4 Å². The molecule has 2 N–H and O–H groups in total. The second-order valence-electron chi connectivity index (χ2n) is 6.06. The monoisotopic (exact) mass is 344 g/mol. The van der Waals surface area contributed by atoms with Gasteiger partial charge in [-0.05, 0) is 37.1 Å². The van der Waals surface area contributed by atoms with Crippen molar-refractivity contribution in [2.24, 2.45) is 0 Å². The Labute approximate surface area is 146 Å². The Morgan fingerprint density at radius 2 is 1.92 bits per heavy atom. The Kier molecular flexibility index (Phi) is 5.64. The van der Waals surface area contributed by atoms with Crippen molar-refractivity contribution >= 4 is 29.1 Å². The molecule has 1 aromatic carbocycles. The van der Waals surface area contributed by atoms with Crippen molar-refractivity contribution in [2.45, 2.75) is 44.6 Å². The van der Waals surface area contributed by atoms with Crippen molar-refractivity contribution < 1.29 is 4.79 Å². The van der Waals surface area contributed by atoms with E-state index in [-0.39, 0.29) is 11.9 Å². The van der Waals surface area contributed by atoms with Crippen LogP contribution < -0.4 is 10.6 Å². The van der Waals surface area contributed by atoms with E-state index in [2.05, 4.69) is 20.6 Å². The minimum absolute atomic E-state index is 0.140. The molecule has 0 radical (unpaired) electrons. The van der Waals surface area contributed by atoms with Gasteiger partial charge >= 0.3 is 0 Å². The van der Waals surface area contributed by atoms with Crippen LogP contribution >= 0.6 is 11.6 Å². The number of amides is 1. The predicted molar refractivity (Wildman–Crippen MR) is 95.7 cm³/mol. The highest BCUT2D eigenvalue weighted by Crippen LogP contribution is 2.19. The molecule has 1 fully saturated rings. The summed E-state index contributed by atoms with van der Waals surface area (Å²) in [5.74, 6) is 0.240. The van der Waals surface area contributed by atoms with Gasteiger partial charge < -0.3 is 10.6 Å². The van der Waals surface area contributed by atoms with Crippen LogP contribution in [0.4, 0.5) is 11.6 Å². The molecule has 0 spiro atoms. The molecule has 24 heavy (non-hydrogen) atoms. The van der Waals surface area contributed by atoms with Crippen LogP contribution in [0.2, 0.25) is 5.02 Å². The summed E-state index contributed by atoms with van der Waals surface area (Å²) in [5.41, 5.74) is 1.16. The fourth-order valence-electron chi connectivity index (χ4n) is 2.92. The first-order chi connectivity index (χ1) is 11.7. The highest BCUT2D eigenvalue weighted by Gasteiger charge is 2.17. The molecule has 0 bridgehead atoms. The molecule has 1 aliphatic carbocycles. The summed E-state index contributed by atoms with van der Waals surface area (Å²) in [5, 5.41) is 6.79. The molecular weight excluding hydrogens is 324 g/mol. The Bertz CT molecular complexity index is 699. The van der Waals surface area contributed by atoms with Gasteiger partial charge in [0.1, 0.15) is 5.69 Å². The largest absolute Gasteiger partial charge is 0.348 e. The second kappa shape index (κ2) is 8.11. The van der Waals surface area contributed by atoms with Crippen molar-refractivity contribution in [3.63, 3.8) is 0 Å². The van der Waals surface area contributed by atoms with Crippen molar-refractivity contribution in [1.29, 1.82) is 0 Å². The summed E-state index contributed by atoms with van der Waals surface area (Å²) in [7, 11) is 0. The second-order valence-corrected chi connectivity index (χ2v) is 6.50. The Balaban J connectivity index is 1.66. The first kappa shape index (κ1) is 16.7. The summed E-state index contributed by atoms with van der Waals surface area (Å²) in [6, 6.07) is 9.17. The standard InChI is InChI=1S/C18H21ClN4O/c19-13-6-5-9-15(12-13)22-18-20-11-10-16(23-18)17(24)21-14-7-3-1-2-4-8-14/h5-6,9-12,14H,1-4,7-8H2,(H,21,24)(H,20,22,23). The maximum atomic E-state index is 12.4. The number of rotatable bonds is 4. The van der Waals surface area contributed by atoms with Crippen LogP contribution in [0, 0.1) is 0 Å². The van der Waals surface area contributed by atoms with Gasteiger partial charge in [0.25, 0.3) is 5.91 Å². The van der Waals surface area contributed by atoms with Crippen LogP contribution in [-0.4, -0.2) is 21.9 Å². The summed E-state index contributed by atoms with van der Waals surface area (Å²) in [6.45, 7) is 0. The first-order valence-corrected chi connectivity index (χ1v) is 8.75. The van der Waals surface area contributed by atoms with E-state index in [1.165, 1.54) is 25.7 Å². The quantitative estimate of drug-likeness (QED) is 0.810. The molecule has 0 saturated heterocycles. The number of aromatic nitrogens is 2. The number of benzene rings is 1. The zero-order valence-corrected chi connectivity index (χ0v) is 14.2. The Hall–Kier alpha value is -2.14. The summed E-state index contributed by atoms with van der Waals surface area (Å²) < 4.78 is 0. The van der Waals surface area contributed by atoms with E-state index in [9.17, 15) is 4.79 Å². The summed E-state index contributed by atoms with van der Waals surface area (Å²) in [4.78, 5) is 20.9. The molecule has 0 aliphatic heterocycles. The highest BCUT2D eigenvalue weighted by molar-refractivity contribution is 6.30. The molecule has 1 heterocycles. The van der Waals surface area contributed by atoms with Gasteiger partial charge in [-0.25, -0.2) is 9.97 Å². The summed E-state index contributed by atoms with van der Waals surface area (Å²) >= 11 is 5.97. The number of carbonyl (C=O) groups excluding carboxylic acids is 1. The molecule has 126 valence electrons. The zero-order chi connectivity index (χ0) is 16.8. The third kappa shape index (κ3) is 4.68. The van der Waals surface area contributed by atoms with Crippen molar-refractivity contribution in [3.05, 3.63) is 47.2 Å². The number of carbonyl (C=O) groups is 1. The van der Waals surface area contributed by atoms with E-state index in [4.69, 9.17) is 11.6 Å². The van der Waals surface area contributed by atoms with Gasteiger partial charge in [0, 0.05) is 22.9 Å².